The topological polar surface area (TPSA) is 121 Å². The van der Waals surface area contributed by atoms with E-state index in [9.17, 15) is 19.5 Å². The second kappa shape index (κ2) is 10.2. The first-order chi connectivity index (χ1) is 15.9. The Morgan fingerprint density at radius 1 is 1.33 bits per heavy atom. The molecule has 2 aromatic heterocycles. The summed E-state index contributed by atoms with van der Waals surface area (Å²) >= 11 is 2.59. The molecule has 3 N–H and O–H groups in total. The standard InChI is InChI=1S/C23H23N3O5S2/c1-31-22(30)20-15-8-7-14(13-5-3-2-4-6-13)11-16(15)33-21(20)24-17(27)9-10-32-23-25-18(28)12-19(29)26-23/h2-6,12,14H,7-11H2,1H3,(H,24,27)(H2,25,26,28,29). The molecule has 1 aliphatic carbocycles. The van der Waals surface area contributed by atoms with Gasteiger partial charge in [-0.05, 0) is 36.3 Å². The van der Waals surface area contributed by atoms with E-state index in [0.717, 1.165) is 47.5 Å². The van der Waals surface area contributed by atoms with Gasteiger partial charge in [-0.3, -0.25) is 9.59 Å². The Labute approximate surface area is 198 Å². The molecule has 10 heteroatoms. The van der Waals surface area contributed by atoms with Gasteiger partial charge in [0.05, 0.1) is 18.7 Å². The monoisotopic (exact) mass is 485 g/mol. The first-order valence-electron chi connectivity index (χ1n) is 10.5. The maximum atomic E-state index is 12.6. The molecule has 0 spiro atoms. The lowest BCUT2D eigenvalue weighted by Crippen LogP contribution is -2.16. The fraction of sp³-hybridized carbons (Fsp3) is 0.304. The van der Waals surface area contributed by atoms with Crippen LogP contribution in [0.3, 0.4) is 0 Å². The third-order valence-corrected chi connectivity index (χ3v) is 7.50. The van der Waals surface area contributed by atoms with Crippen LogP contribution in [0.1, 0.15) is 45.1 Å². The average Bonchev–Trinajstić information content (AvgIpc) is 3.15. The molecule has 1 aliphatic rings. The number of aromatic hydroxyl groups is 1. The summed E-state index contributed by atoms with van der Waals surface area (Å²) in [5.41, 5.74) is 2.22. The van der Waals surface area contributed by atoms with Crippen LogP contribution in [0, 0.1) is 0 Å². The normalized spacial score (nSPS) is 15.0. The highest BCUT2D eigenvalue weighted by molar-refractivity contribution is 7.99. The first kappa shape index (κ1) is 23.1. The number of esters is 1. The number of ether oxygens (including phenoxy) is 1. The van der Waals surface area contributed by atoms with E-state index in [1.807, 2.05) is 18.2 Å². The predicted molar refractivity (Wildman–Crippen MR) is 127 cm³/mol. The van der Waals surface area contributed by atoms with Gasteiger partial charge in [-0.1, -0.05) is 42.1 Å². The van der Waals surface area contributed by atoms with E-state index in [0.29, 0.717) is 22.2 Å². The smallest absolute Gasteiger partial charge is 0.341 e. The number of H-pyrrole nitrogens is 1. The number of benzene rings is 1. The molecule has 1 unspecified atom stereocenters. The van der Waals surface area contributed by atoms with Crippen molar-refractivity contribution in [1.82, 2.24) is 9.97 Å². The van der Waals surface area contributed by atoms with Crippen molar-refractivity contribution in [3.8, 4) is 5.88 Å². The zero-order chi connectivity index (χ0) is 23.4. The van der Waals surface area contributed by atoms with Gasteiger partial charge in [-0.25, -0.2) is 4.79 Å². The second-order valence-electron chi connectivity index (χ2n) is 7.61. The Bertz CT molecular complexity index is 1220. The van der Waals surface area contributed by atoms with E-state index in [1.54, 1.807) is 0 Å². The zero-order valence-electron chi connectivity index (χ0n) is 17.9. The van der Waals surface area contributed by atoms with Gasteiger partial charge < -0.3 is 20.1 Å². The van der Waals surface area contributed by atoms with Crippen molar-refractivity contribution in [1.29, 1.82) is 0 Å². The average molecular weight is 486 g/mol. The lowest BCUT2D eigenvalue weighted by atomic mass is 9.83. The summed E-state index contributed by atoms with van der Waals surface area (Å²) < 4.78 is 5.00. The molecular weight excluding hydrogens is 462 g/mol. The maximum absolute atomic E-state index is 12.6. The third kappa shape index (κ3) is 5.45. The van der Waals surface area contributed by atoms with Gasteiger partial charge in [0.1, 0.15) is 5.00 Å². The van der Waals surface area contributed by atoms with Crippen LogP contribution in [-0.4, -0.2) is 39.8 Å². The molecule has 33 heavy (non-hydrogen) atoms. The number of rotatable bonds is 7. The number of hydrogen-bond donors (Lipinski definition) is 3. The number of aromatic nitrogens is 2. The van der Waals surface area contributed by atoms with Gasteiger partial charge in [0, 0.05) is 17.1 Å². The SMILES string of the molecule is COC(=O)c1c(NC(=O)CCSc2nc(O)cc(=O)[nH]2)sc2c1CCC(c1ccccc1)C2. The highest BCUT2D eigenvalue weighted by Crippen LogP contribution is 2.42. The second-order valence-corrected chi connectivity index (χ2v) is 9.79. The third-order valence-electron chi connectivity index (χ3n) is 5.45. The number of thioether (sulfide) groups is 1. The maximum Gasteiger partial charge on any atom is 0.341 e. The van der Waals surface area contributed by atoms with Crippen molar-refractivity contribution >= 4 is 40.0 Å². The molecule has 3 aromatic rings. The molecule has 0 radical (unpaired) electrons. The fourth-order valence-corrected chi connectivity index (χ4v) is 6.07. The number of anilines is 1. The Balaban J connectivity index is 1.45. The van der Waals surface area contributed by atoms with Gasteiger partial charge in [0.25, 0.3) is 5.56 Å². The first-order valence-corrected chi connectivity index (χ1v) is 12.3. The summed E-state index contributed by atoms with van der Waals surface area (Å²) in [4.78, 5) is 43.9. The van der Waals surface area contributed by atoms with Crippen LogP contribution in [-0.2, 0) is 22.4 Å². The van der Waals surface area contributed by atoms with E-state index in [-0.39, 0.29) is 23.4 Å². The number of carbonyl (C=O) groups excluding carboxylic acids is 2. The largest absolute Gasteiger partial charge is 0.493 e. The molecule has 0 saturated carbocycles. The molecule has 1 aromatic carbocycles. The molecular formula is C23H23N3O5S2. The number of thiophene rings is 1. The molecule has 0 bridgehead atoms. The predicted octanol–water partition coefficient (Wildman–Crippen LogP) is 3.72. The molecule has 172 valence electrons. The number of methoxy groups -OCH3 is 1. The molecule has 8 nitrogen and oxygen atoms in total. The van der Waals surface area contributed by atoms with Crippen molar-refractivity contribution in [2.45, 2.75) is 36.8 Å². The highest BCUT2D eigenvalue weighted by Gasteiger charge is 2.30. The van der Waals surface area contributed by atoms with Crippen molar-refractivity contribution in [3.63, 3.8) is 0 Å². The minimum absolute atomic E-state index is 0.139. The van der Waals surface area contributed by atoms with Gasteiger partial charge in [0.15, 0.2) is 5.16 Å². The van der Waals surface area contributed by atoms with Crippen LogP contribution in [0.4, 0.5) is 5.00 Å². The number of aromatic amines is 1. The lowest BCUT2D eigenvalue weighted by molar-refractivity contribution is -0.115. The number of carbonyl (C=O) groups is 2. The van der Waals surface area contributed by atoms with Gasteiger partial charge >= 0.3 is 5.97 Å². The van der Waals surface area contributed by atoms with E-state index < -0.39 is 11.5 Å². The summed E-state index contributed by atoms with van der Waals surface area (Å²) in [5, 5.41) is 13.0. The number of nitrogens with zero attached hydrogens (tertiary/aromatic N) is 1. The summed E-state index contributed by atoms with van der Waals surface area (Å²) in [6, 6.07) is 11.3. The van der Waals surface area contributed by atoms with Crippen LogP contribution in [0.15, 0.2) is 46.3 Å². The van der Waals surface area contributed by atoms with Gasteiger partial charge in [0.2, 0.25) is 11.8 Å². The summed E-state index contributed by atoms with van der Waals surface area (Å²) in [5.74, 6) is -0.358. The van der Waals surface area contributed by atoms with E-state index in [4.69, 9.17) is 4.74 Å². The Hall–Kier alpha value is -3.11. The fourth-order valence-electron chi connectivity index (χ4n) is 3.92. The van der Waals surface area contributed by atoms with Crippen LogP contribution in [0.25, 0.3) is 0 Å². The van der Waals surface area contributed by atoms with Crippen LogP contribution < -0.4 is 10.9 Å². The lowest BCUT2D eigenvalue weighted by Gasteiger charge is -2.22. The van der Waals surface area contributed by atoms with E-state index in [2.05, 4.69) is 27.4 Å². The Morgan fingerprint density at radius 2 is 2.12 bits per heavy atom. The molecule has 4 rings (SSSR count). The van der Waals surface area contributed by atoms with Gasteiger partial charge in [-0.15, -0.1) is 11.3 Å². The van der Waals surface area contributed by atoms with Crippen molar-refractivity contribution < 1.29 is 19.4 Å². The molecule has 0 saturated heterocycles. The summed E-state index contributed by atoms with van der Waals surface area (Å²) in [6.07, 6.45) is 2.63. The molecule has 0 aliphatic heterocycles. The molecule has 1 amide bonds. The van der Waals surface area contributed by atoms with Crippen molar-refractivity contribution in [2.75, 3.05) is 18.2 Å². The van der Waals surface area contributed by atoms with Crippen molar-refractivity contribution in [3.05, 3.63) is 68.3 Å². The summed E-state index contributed by atoms with van der Waals surface area (Å²) in [7, 11) is 1.34. The summed E-state index contributed by atoms with van der Waals surface area (Å²) in [6.45, 7) is 0. The Kier molecular flexibility index (Phi) is 7.14. The Morgan fingerprint density at radius 3 is 2.85 bits per heavy atom. The quantitative estimate of drug-likeness (QED) is 0.265. The van der Waals surface area contributed by atoms with E-state index in [1.165, 1.54) is 24.0 Å². The number of amides is 1. The van der Waals surface area contributed by atoms with Crippen LogP contribution in [0.5, 0.6) is 5.88 Å². The minimum atomic E-state index is -0.463. The van der Waals surface area contributed by atoms with E-state index >= 15 is 0 Å². The number of fused-ring (bicyclic) bond motifs is 1. The minimum Gasteiger partial charge on any atom is -0.493 e. The van der Waals surface area contributed by atoms with Gasteiger partial charge in [-0.2, -0.15) is 4.98 Å². The van der Waals surface area contributed by atoms with Crippen LogP contribution >= 0.6 is 23.1 Å². The number of hydrogen-bond acceptors (Lipinski definition) is 8. The number of nitrogens with one attached hydrogen (secondary N) is 2. The van der Waals surface area contributed by atoms with Crippen molar-refractivity contribution in [2.24, 2.45) is 0 Å². The zero-order valence-corrected chi connectivity index (χ0v) is 19.6. The highest BCUT2D eigenvalue weighted by atomic mass is 32.2. The van der Waals surface area contributed by atoms with Crippen LogP contribution in [0.2, 0.25) is 0 Å². The molecule has 2 heterocycles. The molecule has 0 fully saturated rings. The molecule has 1 atom stereocenters.